The van der Waals surface area contributed by atoms with Gasteiger partial charge in [0.05, 0.1) is 18.0 Å². The van der Waals surface area contributed by atoms with Crippen molar-refractivity contribution in [2.24, 2.45) is 0 Å². The lowest BCUT2D eigenvalue weighted by Crippen LogP contribution is -2.47. The predicted molar refractivity (Wildman–Crippen MR) is 95.6 cm³/mol. The maximum absolute atomic E-state index is 12.4. The van der Waals surface area contributed by atoms with Crippen molar-refractivity contribution in [1.82, 2.24) is 10.0 Å². The summed E-state index contributed by atoms with van der Waals surface area (Å²) in [6, 6.07) is 14.1. The molecule has 0 fully saturated rings. The van der Waals surface area contributed by atoms with E-state index in [4.69, 9.17) is 4.74 Å². The van der Waals surface area contributed by atoms with E-state index in [1.54, 1.807) is 48.5 Å². The highest BCUT2D eigenvalue weighted by Gasteiger charge is 2.28. The van der Waals surface area contributed by atoms with Gasteiger partial charge in [-0.15, -0.1) is 0 Å². The van der Waals surface area contributed by atoms with Crippen molar-refractivity contribution in [2.45, 2.75) is 23.9 Å². The van der Waals surface area contributed by atoms with E-state index in [0.717, 1.165) is 0 Å². The minimum absolute atomic E-state index is 0.0484. The van der Waals surface area contributed by atoms with Gasteiger partial charge in [0.1, 0.15) is 0 Å². The molecular weight excluding hydrogens is 356 g/mol. The molecule has 7 nitrogen and oxygen atoms in total. The molecule has 0 aliphatic carbocycles. The topological polar surface area (TPSA) is 102 Å². The smallest absolute Gasteiger partial charge is 0.333 e. The lowest BCUT2D eigenvalue weighted by molar-refractivity contribution is -0.145. The van der Waals surface area contributed by atoms with Crippen LogP contribution in [0.15, 0.2) is 65.6 Å². The Kier molecular flexibility index (Phi) is 6.48. The minimum Gasteiger partial charge on any atom is -0.467 e. The van der Waals surface area contributed by atoms with Crippen molar-refractivity contribution >= 4 is 21.9 Å². The molecule has 2 aromatic carbocycles. The highest BCUT2D eigenvalue weighted by atomic mass is 32.2. The van der Waals surface area contributed by atoms with Gasteiger partial charge >= 0.3 is 5.97 Å². The van der Waals surface area contributed by atoms with E-state index < -0.39 is 34.0 Å². The molecule has 138 valence electrons. The summed E-state index contributed by atoms with van der Waals surface area (Å²) in [4.78, 5) is 24.5. The quantitative estimate of drug-likeness (QED) is 0.711. The molecule has 0 radical (unpaired) electrons. The molecule has 8 heteroatoms. The SMILES string of the molecule is COC(=O)C(NC(=O)C(C)NS(=O)(=O)c1ccccc1)c1ccccc1. The Morgan fingerprint density at radius 2 is 1.50 bits per heavy atom. The van der Waals surface area contributed by atoms with Crippen LogP contribution in [0, 0.1) is 0 Å². The first-order valence-electron chi connectivity index (χ1n) is 7.85. The van der Waals surface area contributed by atoms with Crippen LogP contribution in [0.4, 0.5) is 0 Å². The summed E-state index contributed by atoms with van der Waals surface area (Å²) < 4.78 is 31.6. The van der Waals surface area contributed by atoms with Crippen LogP contribution in [0.1, 0.15) is 18.5 Å². The van der Waals surface area contributed by atoms with Gasteiger partial charge in [-0.25, -0.2) is 13.2 Å². The molecule has 0 aliphatic heterocycles. The second-order valence-corrected chi connectivity index (χ2v) is 7.25. The van der Waals surface area contributed by atoms with Crippen LogP contribution in [0.2, 0.25) is 0 Å². The van der Waals surface area contributed by atoms with E-state index in [-0.39, 0.29) is 4.90 Å². The Balaban J connectivity index is 2.13. The zero-order valence-electron chi connectivity index (χ0n) is 14.4. The van der Waals surface area contributed by atoms with E-state index in [1.165, 1.54) is 26.2 Å². The van der Waals surface area contributed by atoms with Gasteiger partial charge in [-0.1, -0.05) is 48.5 Å². The van der Waals surface area contributed by atoms with Crippen LogP contribution in [-0.2, 0) is 24.3 Å². The van der Waals surface area contributed by atoms with Crippen LogP contribution in [-0.4, -0.2) is 33.4 Å². The number of esters is 1. The number of hydrogen-bond donors (Lipinski definition) is 2. The third-order valence-corrected chi connectivity index (χ3v) is 5.19. The number of methoxy groups -OCH3 is 1. The Morgan fingerprint density at radius 1 is 0.962 bits per heavy atom. The van der Waals surface area contributed by atoms with Crippen molar-refractivity contribution < 1.29 is 22.7 Å². The summed E-state index contributed by atoms with van der Waals surface area (Å²) in [6.45, 7) is 1.40. The van der Waals surface area contributed by atoms with E-state index in [0.29, 0.717) is 5.56 Å². The first kappa shape index (κ1) is 19.6. The van der Waals surface area contributed by atoms with Crippen molar-refractivity contribution in [2.75, 3.05) is 7.11 Å². The highest BCUT2D eigenvalue weighted by molar-refractivity contribution is 7.89. The van der Waals surface area contributed by atoms with Crippen molar-refractivity contribution in [1.29, 1.82) is 0 Å². The number of amides is 1. The maximum Gasteiger partial charge on any atom is 0.333 e. The number of nitrogens with one attached hydrogen (secondary N) is 2. The number of hydrogen-bond acceptors (Lipinski definition) is 5. The van der Waals surface area contributed by atoms with Gasteiger partial charge in [-0.3, -0.25) is 4.79 Å². The molecule has 0 saturated carbocycles. The van der Waals surface area contributed by atoms with Crippen LogP contribution in [0.5, 0.6) is 0 Å². The predicted octanol–water partition coefficient (Wildman–Crippen LogP) is 1.38. The van der Waals surface area contributed by atoms with E-state index in [9.17, 15) is 18.0 Å². The van der Waals surface area contributed by atoms with Gasteiger partial charge in [0.15, 0.2) is 6.04 Å². The Morgan fingerprint density at radius 3 is 2.04 bits per heavy atom. The zero-order chi connectivity index (χ0) is 19.2. The molecule has 0 aromatic heterocycles. The second-order valence-electron chi connectivity index (χ2n) is 5.53. The average molecular weight is 376 g/mol. The van der Waals surface area contributed by atoms with Gasteiger partial charge in [-0.05, 0) is 24.6 Å². The zero-order valence-corrected chi connectivity index (χ0v) is 15.2. The first-order valence-corrected chi connectivity index (χ1v) is 9.34. The normalized spacial score (nSPS) is 13.5. The number of benzene rings is 2. The number of ether oxygens (including phenoxy) is 1. The molecule has 2 unspecified atom stereocenters. The maximum atomic E-state index is 12.4. The fourth-order valence-corrected chi connectivity index (χ4v) is 3.49. The third-order valence-electron chi connectivity index (χ3n) is 3.64. The summed E-state index contributed by atoms with van der Waals surface area (Å²) in [5.41, 5.74) is 0.533. The molecule has 1 amide bonds. The molecule has 2 atom stereocenters. The first-order chi connectivity index (χ1) is 12.3. The van der Waals surface area contributed by atoms with Gasteiger partial charge in [0.2, 0.25) is 15.9 Å². The molecule has 0 saturated heterocycles. The highest BCUT2D eigenvalue weighted by Crippen LogP contribution is 2.15. The van der Waals surface area contributed by atoms with E-state index >= 15 is 0 Å². The van der Waals surface area contributed by atoms with Crippen LogP contribution >= 0.6 is 0 Å². The molecule has 2 rings (SSSR count). The molecule has 0 spiro atoms. The molecule has 2 N–H and O–H groups in total. The standard InChI is InChI=1S/C18H20N2O5S/c1-13(20-26(23,24)15-11-7-4-8-12-15)17(21)19-16(18(22)25-2)14-9-5-3-6-10-14/h3-13,16,20H,1-2H3,(H,19,21). The second kappa shape index (κ2) is 8.59. The van der Waals surface area contributed by atoms with Gasteiger partial charge in [0, 0.05) is 0 Å². The Bertz CT molecular complexity index is 854. The summed E-state index contributed by atoms with van der Waals surface area (Å²) in [7, 11) is -2.64. The molecular formula is C18H20N2O5S. The average Bonchev–Trinajstić information content (AvgIpc) is 2.66. The summed E-state index contributed by atoms with van der Waals surface area (Å²) in [5, 5.41) is 2.52. The van der Waals surface area contributed by atoms with Gasteiger partial charge in [-0.2, -0.15) is 4.72 Å². The lowest BCUT2D eigenvalue weighted by atomic mass is 10.1. The van der Waals surface area contributed by atoms with Crippen LogP contribution in [0.25, 0.3) is 0 Å². The van der Waals surface area contributed by atoms with E-state index in [2.05, 4.69) is 10.0 Å². The number of rotatable bonds is 7. The molecule has 0 heterocycles. The van der Waals surface area contributed by atoms with Crippen molar-refractivity contribution in [3.8, 4) is 0 Å². The lowest BCUT2D eigenvalue weighted by Gasteiger charge is -2.20. The fraction of sp³-hybridized carbons (Fsp3) is 0.222. The number of carbonyl (C=O) groups is 2. The number of sulfonamides is 1. The number of carbonyl (C=O) groups excluding carboxylic acids is 2. The summed E-state index contributed by atoms with van der Waals surface area (Å²) >= 11 is 0. The third kappa shape index (κ3) is 4.90. The molecule has 26 heavy (non-hydrogen) atoms. The van der Waals surface area contributed by atoms with E-state index in [1.807, 2.05) is 0 Å². The molecule has 0 bridgehead atoms. The Hall–Kier alpha value is -2.71. The van der Waals surface area contributed by atoms with Crippen LogP contribution < -0.4 is 10.0 Å². The van der Waals surface area contributed by atoms with Gasteiger partial charge in [0.25, 0.3) is 0 Å². The van der Waals surface area contributed by atoms with Gasteiger partial charge < -0.3 is 10.1 Å². The monoisotopic (exact) mass is 376 g/mol. The summed E-state index contributed by atoms with van der Waals surface area (Å²) in [6.07, 6.45) is 0. The Labute approximate surface area is 152 Å². The fourth-order valence-electron chi connectivity index (χ4n) is 2.26. The minimum atomic E-state index is -3.86. The molecule has 2 aromatic rings. The van der Waals surface area contributed by atoms with Crippen molar-refractivity contribution in [3.63, 3.8) is 0 Å². The largest absolute Gasteiger partial charge is 0.467 e. The van der Waals surface area contributed by atoms with Crippen molar-refractivity contribution in [3.05, 3.63) is 66.2 Å². The van der Waals surface area contributed by atoms with Crippen LogP contribution in [0.3, 0.4) is 0 Å². The molecule has 0 aliphatic rings. The summed E-state index contributed by atoms with van der Waals surface area (Å²) in [5.74, 6) is -1.30.